The second-order valence-corrected chi connectivity index (χ2v) is 3.67. The Morgan fingerprint density at radius 2 is 2.27 bits per heavy atom. The van der Waals surface area contributed by atoms with Gasteiger partial charge in [-0.2, -0.15) is 0 Å². The zero-order valence-corrected chi connectivity index (χ0v) is 9.33. The molecule has 0 saturated carbocycles. The van der Waals surface area contributed by atoms with E-state index in [0.717, 1.165) is 30.9 Å². The van der Waals surface area contributed by atoms with E-state index in [1.807, 2.05) is 0 Å². The van der Waals surface area contributed by atoms with Crippen LogP contribution in [0.4, 0.5) is 0 Å². The van der Waals surface area contributed by atoms with Gasteiger partial charge in [0.05, 0.1) is 5.69 Å². The maximum atomic E-state index is 4.54. The van der Waals surface area contributed by atoms with Gasteiger partial charge in [-0.05, 0) is 30.7 Å². The fourth-order valence-electron chi connectivity index (χ4n) is 1.63. The number of hydrogen-bond donors (Lipinski definition) is 1. The Labute approximate surface area is 90.1 Å². The molecule has 0 aliphatic heterocycles. The van der Waals surface area contributed by atoms with Crippen molar-refractivity contribution in [1.82, 2.24) is 14.7 Å². The summed E-state index contributed by atoms with van der Waals surface area (Å²) in [6, 6.07) is 4.28. The predicted octanol–water partition coefficient (Wildman–Crippen LogP) is 2.01. The minimum atomic E-state index is 0.918. The Morgan fingerprint density at radius 3 is 3.00 bits per heavy atom. The van der Waals surface area contributed by atoms with Gasteiger partial charge >= 0.3 is 0 Å². The minimum Gasteiger partial charge on any atom is -0.313 e. The number of nitrogens with one attached hydrogen (secondary N) is 1. The van der Waals surface area contributed by atoms with Crippen molar-refractivity contribution in [2.24, 2.45) is 0 Å². The summed E-state index contributed by atoms with van der Waals surface area (Å²) in [7, 11) is 0. The van der Waals surface area contributed by atoms with Crippen LogP contribution in [-0.4, -0.2) is 15.9 Å². The van der Waals surface area contributed by atoms with Crippen LogP contribution in [-0.2, 0) is 13.0 Å². The molecule has 0 amide bonds. The summed E-state index contributed by atoms with van der Waals surface area (Å²) in [6.07, 6.45) is 5.16. The lowest BCUT2D eigenvalue weighted by Gasteiger charge is -2.01. The maximum Gasteiger partial charge on any atom is 0.137 e. The number of aryl methyl sites for hydroxylation is 1. The lowest BCUT2D eigenvalue weighted by atomic mass is 10.2. The molecule has 0 fully saturated rings. The van der Waals surface area contributed by atoms with E-state index in [9.17, 15) is 0 Å². The molecule has 2 aromatic heterocycles. The summed E-state index contributed by atoms with van der Waals surface area (Å²) in [6.45, 7) is 6.16. The summed E-state index contributed by atoms with van der Waals surface area (Å²) in [4.78, 5) is 4.54. The maximum absolute atomic E-state index is 4.54. The van der Waals surface area contributed by atoms with Gasteiger partial charge in [0.25, 0.3) is 0 Å². The Kier molecular flexibility index (Phi) is 3.02. The van der Waals surface area contributed by atoms with Gasteiger partial charge in [0, 0.05) is 18.9 Å². The fourth-order valence-corrected chi connectivity index (χ4v) is 1.63. The molecular weight excluding hydrogens is 186 g/mol. The summed E-state index contributed by atoms with van der Waals surface area (Å²) < 4.78 is 2.08. The first-order valence-corrected chi connectivity index (χ1v) is 5.50. The standard InChI is InChI=1S/C12H17N3/c1-3-11-9-15-6-5-10(8-13-4-2)7-12(15)14-11/h5-7,9,13H,3-4,8H2,1-2H3. The molecule has 0 aromatic carbocycles. The second kappa shape index (κ2) is 4.45. The molecule has 0 bridgehead atoms. The van der Waals surface area contributed by atoms with Crippen LogP contribution >= 0.6 is 0 Å². The van der Waals surface area contributed by atoms with Crippen LogP contribution in [0.2, 0.25) is 0 Å². The molecule has 3 nitrogen and oxygen atoms in total. The van der Waals surface area contributed by atoms with Crippen LogP contribution in [0.5, 0.6) is 0 Å². The number of rotatable bonds is 4. The molecule has 0 spiro atoms. The van der Waals surface area contributed by atoms with Gasteiger partial charge in [0.2, 0.25) is 0 Å². The minimum absolute atomic E-state index is 0.918. The van der Waals surface area contributed by atoms with Gasteiger partial charge in [-0.25, -0.2) is 4.98 Å². The first-order chi connectivity index (χ1) is 7.33. The van der Waals surface area contributed by atoms with Crippen molar-refractivity contribution in [3.05, 3.63) is 35.8 Å². The van der Waals surface area contributed by atoms with Gasteiger partial charge in [-0.15, -0.1) is 0 Å². The highest BCUT2D eigenvalue weighted by Gasteiger charge is 2.00. The van der Waals surface area contributed by atoms with Gasteiger partial charge in [0.1, 0.15) is 5.65 Å². The van der Waals surface area contributed by atoms with Crippen LogP contribution in [0.15, 0.2) is 24.5 Å². The highest BCUT2D eigenvalue weighted by molar-refractivity contribution is 5.42. The lowest BCUT2D eigenvalue weighted by molar-refractivity contribution is 0.726. The van der Waals surface area contributed by atoms with Gasteiger partial charge in [-0.1, -0.05) is 13.8 Å². The van der Waals surface area contributed by atoms with Gasteiger partial charge in [-0.3, -0.25) is 0 Å². The number of hydrogen-bond acceptors (Lipinski definition) is 2. The van der Waals surface area contributed by atoms with Crippen LogP contribution in [0.1, 0.15) is 25.1 Å². The van der Waals surface area contributed by atoms with Crippen LogP contribution < -0.4 is 5.32 Å². The van der Waals surface area contributed by atoms with Crippen molar-refractivity contribution in [3.63, 3.8) is 0 Å². The van der Waals surface area contributed by atoms with Crippen molar-refractivity contribution >= 4 is 5.65 Å². The van der Waals surface area contributed by atoms with Gasteiger partial charge in [0.15, 0.2) is 0 Å². The van der Waals surface area contributed by atoms with E-state index in [1.165, 1.54) is 5.56 Å². The Hall–Kier alpha value is -1.35. The number of imidazole rings is 1. The molecule has 0 aliphatic rings. The molecule has 0 atom stereocenters. The Balaban J connectivity index is 2.29. The van der Waals surface area contributed by atoms with E-state index < -0.39 is 0 Å². The summed E-state index contributed by atoms with van der Waals surface area (Å²) >= 11 is 0. The molecular formula is C12H17N3. The number of fused-ring (bicyclic) bond motifs is 1. The first kappa shape index (κ1) is 10.2. The SMILES string of the molecule is CCNCc1ccn2cc(CC)nc2c1. The van der Waals surface area contributed by atoms with Crippen LogP contribution in [0, 0.1) is 0 Å². The lowest BCUT2D eigenvalue weighted by Crippen LogP contribution is -2.11. The van der Waals surface area contributed by atoms with E-state index in [1.54, 1.807) is 0 Å². The zero-order valence-electron chi connectivity index (χ0n) is 9.33. The Morgan fingerprint density at radius 1 is 1.40 bits per heavy atom. The number of nitrogens with zero attached hydrogens (tertiary/aromatic N) is 2. The summed E-state index contributed by atoms with van der Waals surface area (Å²) in [5.74, 6) is 0. The van der Waals surface area contributed by atoms with Crippen molar-refractivity contribution in [3.8, 4) is 0 Å². The summed E-state index contributed by atoms with van der Waals surface area (Å²) in [5, 5.41) is 3.31. The van der Waals surface area contributed by atoms with Crippen LogP contribution in [0.25, 0.3) is 5.65 Å². The fraction of sp³-hybridized carbons (Fsp3) is 0.417. The monoisotopic (exact) mass is 203 g/mol. The molecule has 2 aromatic rings. The largest absolute Gasteiger partial charge is 0.313 e. The Bertz CT molecular complexity index is 445. The quantitative estimate of drug-likeness (QED) is 0.823. The molecule has 1 N–H and O–H groups in total. The van der Waals surface area contributed by atoms with E-state index in [2.05, 4.69) is 53.1 Å². The second-order valence-electron chi connectivity index (χ2n) is 3.67. The molecule has 0 unspecified atom stereocenters. The molecule has 3 heteroatoms. The number of pyridine rings is 1. The molecule has 2 rings (SSSR count). The molecule has 2 heterocycles. The molecule has 15 heavy (non-hydrogen) atoms. The average molecular weight is 203 g/mol. The third-order valence-corrected chi connectivity index (χ3v) is 2.52. The molecule has 0 radical (unpaired) electrons. The van der Waals surface area contributed by atoms with E-state index in [4.69, 9.17) is 0 Å². The molecule has 80 valence electrons. The van der Waals surface area contributed by atoms with Crippen molar-refractivity contribution < 1.29 is 0 Å². The highest BCUT2D eigenvalue weighted by Crippen LogP contribution is 2.08. The van der Waals surface area contributed by atoms with E-state index >= 15 is 0 Å². The molecule has 0 aliphatic carbocycles. The van der Waals surface area contributed by atoms with Crippen molar-refractivity contribution in [1.29, 1.82) is 0 Å². The third-order valence-electron chi connectivity index (χ3n) is 2.52. The predicted molar refractivity (Wildman–Crippen MR) is 62.0 cm³/mol. The van der Waals surface area contributed by atoms with Crippen LogP contribution in [0.3, 0.4) is 0 Å². The van der Waals surface area contributed by atoms with E-state index in [-0.39, 0.29) is 0 Å². The van der Waals surface area contributed by atoms with Crippen molar-refractivity contribution in [2.45, 2.75) is 26.8 Å². The smallest absolute Gasteiger partial charge is 0.137 e. The average Bonchev–Trinajstić information content (AvgIpc) is 2.68. The zero-order chi connectivity index (χ0) is 10.7. The van der Waals surface area contributed by atoms with Crippen molar-refractivity contribution in [2.75, 3.05) is 6.54 Å². The summed E-state index contributed by atoms with van der Waals surface area (Å²) in [5.41, 5.74) is 3.48. The van der Waals surface area contributed by atoms with Gasteiger partial charge < -0.3 is 9.72 Å². The first-order valence-electron chi connectivity index (χ1n) is 5.50. The number of aromatic nitrogens is 2. The molecule has 0 saturated heterocycles. The normalized spacial score (nSPS) is 11.1. The highest BCUT2D eigenvalue weighted by atomic mass is 15.0. The topological polar surface area (TPSA) is 29.3 Å². The van der Waals surface area contributed by atoms with E-state index in [0.29, 0.717) is 0 Å². The third kappa shape index (κ3) is 2.18.